The number of hydrogen-bond acceptors (Lipinski definition) is 4. The monoisotopic (exact) mass is 423 g/mol. The van der Waals surface area contributed by atoms with Gasteiger partial charge in [-0.1, -0.05) is 48.5 Å². The van der Waals surface area contributed by atoms with Gasteiger partial charge < -0.3 is 5.32 Å². The van der Waals surface area contributed by atoms with Gasteiger partial charge in [0.25, 0.3) is 5.91 Å². The van der Waals surface area contributed by atoms with Crippen molar-refractivity contribution < 1.29 is 13.2 Å². The van der Waals surface area contributed by atoms with Crippen LogP contribution >= 0.6 is 0 Å². The highest BCUT2D eigenvalue weighted by atomic mass is 32.2. The molecule has 3 aromatic rings. The topological polar surface area (TPSA) is 69.7 Å². The Labute approximate surface area is 177 Å². The lowest BCUT2D eigenvalue weighted by molar-refractivity contribution is 0.102. The zero-order valence-electron chi connectivity index (χ0n) is 16.9. The van der Waals surface area contributed by atoms with E-state index in [-0.39, 0.29) is 5.91 Å². The normalized spacial score (nSPS) is 15.9. The largest absolute Gasteiger partial charge is 0.321 e. The number of piperazine rings is 1. The molecule has 0 saturated carbocycles. The first-order valence-corrected chi connectivity index (χ1v) is 11.8. The van der Waals surface area contributed by atoms with E-state index in [4.69, 9.17) is 0 Å². The number of rotatable bonds is 5. The van der Waals surface area contributed by atoms with Crippen molar-refractivity contribution >= 4 is 32.4 Å². The number of amides is 1. The summed E-state index contributed by atoms with van der Waals surface area (Å²) in [5.74, 6) is -0.143. The predicted octanol–water partition coefficient (Wildman–Crippen LogP) is 3.17. The van der Waals surface area contributed by atoms with Gasteiger partial charge in [0.2, 0.25) is 10.0 Å². The third-order valence-electron chi connectivity index (χ3n) is 5.43. The molecule has 1 N–H and O–H groups in total. The van der Waals surface area contributed by atoms with Crippen LogP contribution < -0.4 is 5.32 Å². The quantitative estimate of drug-likeness (QED) is 0.684. The maximum atomic E-state index is 12.9. The Morgan fingerprint density at radius 3 is 2.40 bits per heavy atom. The highest BCUT2D eigenvalue weighted by Gasteiger charge is 2.23. The molecule has 0 spiro atoms. The molecule has 0 aromatic heterocycles. The van der Waals surface area contributed by atoms with Crippen molar-refractivity contribution in [1.82, 2.24) is 9.21 Å². The summed E-state index contributed by atoms with van der Waals surface area (Å²) < 4.78 is 24.8. The van der Waals surface area contributed by atoms with Crippen molar-refractivity contribution in [3.63, 3.8) is 0 Å². The van der Waals surface area contributed by atoms with Gasteiger partial charge in [0, 0.05) is 49.4 Å². The van der Waals surface area contributed by atoms with Gasteiger partial charge in [0.05, 0.1) is 6.26 Å². The number of fused-ring (bicyclic) bond motifs is 1. The van der Waals surface area contributed by atoms with Crippen LogP contribution in [-0.2, 0) is 16.6 Å². The second-order valence-electron chi connectivity index (χ2n) is 7.62. The summed E-state index contributed by atoms with van der Waals surface area (Å²) in [6.07, 6.45) is 1.25. The van der Waals surface area contributed by atoms with Crippen LogP contribution in [0.3, 0.4) is 0 Å². The smallest absolute Gasteiger partial charge is 0.255 e. The Morgan fingerprint density at radius 1 is 0.933 bits per heavy atom. The van der Waals surface area contributed by atoms with Crippen LogP contribution in [0.15, 0.2) is 66.7 Å². The third kappa shape index (κ3) is 4.70. The van der Waals surface area contributed by atoms with Gasteiger partial charge in [-0.05, 0) is 29.1 Å². The van der Waals surface area contributed by atoms with Gasteiger partial charge in [0.15, 0.2) is 0 Å². The van der Waals surface area contributed by atoms with Crippen molar-refractivity contribution in [2.75, 3.05) is 37.8 Å². The van der Waals surface area contributed by atoms with E-state index >= 15 is 0 Å². The van der Waals surface area contributed by atoms with Gasteiger partial charge in [-0.15, -0.1) is 0 Å². The zero-order chi connectivity index (χ0) is 21.1. The first kappa shape index (κ1) is 20.5. The first-order valence-electron chi connectivity index (χ1n) is 9.96. The maximum absolute atomic E-state index is 12.9. The fourth-order valence-corrected chi connectivity index (χ4v) is 4.64. The van der Waals surface area contributed by atoms with Crippen LogP contribution in [0.1, 0.15) is 15.9 Å². The van der Waals surface area contributed by atoms with Crippen LogP contribution in [0.4, 0.5) is 5.69 Å². The van der Waals surface area contributed by atoms with Crippen molar-refractivity contribution in [3.8, 4) is 0 Å². The average Bonchev–Trinajstić information content (AvgIpc) is 2.74. The molecule has 1 aliphatic heterocycles. The Bertz CT molecular complexity index is 1160. The number of hydrogen-bond donors (Lipinski definition) is 1. The maximum Gasteiger partial charge on any atom is 0.255 e. The Kier molecular flexibility index (Phi) is 5.85. The average molecular weight is 424 g/mol. The molecule has 0 unspecified atom stereocenters. The van der Waals surface area contributed by atoms with E-state index in [0.717, 1.165) is 22.0 Å². The van der Waals surface area contributed by atoms with E-state index in [1.807, 2.05) is 66.7 Å². The highest BCUT2D eigenvalue weighted by Crippen LogP contribution is 2.23. The van der Waals surface area contributed by atoms with Gasteiger partial charge in [-0.2, -0.15) is 4.31 Å². The van der Waals surface area contributed by atoms with E-state index in [1.54, 1.807) is 0 Å². The number of anilines is 1. The number of carbonyl (C=O) groups excluding carboxylic acids is 1. The van der Waals surface area contributed by atoms with Crippen LogP contribution in [0.5, 0.6) is 0 Å². The van der Waals surface area contributed by atoms with Gasteiger partial charge in [-0.3, -0.25) is 9.69 Å². The lowest BCUT2D eigenvalue weighted by atomic mass is 10.1. The van der Waals surface area contributed by atoms with Crippen LogP contribution in [0.25, 0.3) is 10.8 Å². The van der Waals surface area contributed by atoms with Crippen LogP contribution in [0.2, 0.25) is 0 Å². The molecule has 1 aliphatic rings. The minimum atomic E-state index is -3.13. The lowest BCUT2D eigenvalue weighted by Crippen LogP contribution is -2.47. The number of sulfonamides is 1. The minimum absolute atomic E-state index is 0.143. The summed E-state index contributed by atoms with van der Waals surface area (Å²) in [6, 6.07) is 21.4. The molecule has 4 rings (SSSR count). The van der Waals surface area contributed by atoms with Gasteiger partial charge >= 0.3 is 0 Å². The SMILES string of the molecule is CS(=O)(=O)N1CCN(Cc2cccc(C(=O)Nc3cccc4ccccc34)c2)CC1. The Hall–Kier alpha value is -2.74. The zero-order valence-corrected chi connectivity index (χ0v) is 17.7. The van der Waals surface area contributed by atoms with Gasteiger partial charge in [-0.25, -0.2) is 8.42 Å². The third-order valence-corrected chi connectivity index (χ3v) is 6.74. The molecule has 1 saturated heterocycles. The molecule has 6 nitrogen and oxygen atoms in total. The van der Waals surface area contributed by atoms with Crippen molar-refractivity contribution in [2.24, 2.45) is 0 Å². The number of nitrogens with zero attached hydrogens (tertiary/aromatic N) is 2. The van der Waals surface area contributed by atoms with E-state index in [1.165, 1.54) is 10.6 Å². The Balaban J connectivity index is 1.44. The lowest BCUT2D eigenvalue weighted by Gasteiger charge is -2.33. The second kappa shape index (κ2) is 8.55. The highest BCUT2D eigenvalue weighted by molar-refractivity contribution is 7.88. The fourth-order valence-electron chi connectivity index (χ4n) is 3.82. The van der Waals surface area contributed by atoms with Crippen molar-refractivity contribution in [1.29, 1.82) is 0 Å². The molecule has 7 heteroatoms. The van der Waals surface area contributed by atoms with E-state index in [9.17, 15) is 13.2 Å². The minimum Gasteiger partial charge on any atom is -0.321 e. The molecule has 1 fully saturated rings. The molecule has 3 aromatic carbocycles. The summed E-state index contributed by atoms with van der Waals surface area (Å²) >= 11 is 0. The molecular formula is C23H25N3O3S. The van der Waals surface area contributed by atoms with E-state index < -0.39 is 10.0 Å². The van der Waals surface area contributed by atoms with Crippen LogP contribution in [-0.4, -0.2) is 56.0 Å². The standard InChI is InChI=1S/C23H25N3O3S/c1-30(28,29)26-14-12-25(13-15-26)17-18-6-4-9-20(16-18)23(27)24-22-11-5-8-19-7-2-3-10-21(19)22/h2-11,16H,12-15,17H2,1H3,(H,24,27). The summed E-state index contributed by atoms with van der Waals surface area (Å²) in [5.41, 5.74) is 2.43. The molecule has 1 amide bonds. The van der Waals surface area contributed by atoms with E-state index in [2.05, 4.69) is 10.2 Å². The fraction of sp³-hybridized carbons (Fsp3) is 0.261. The summed E-state index contributed by atoms with van der Waals surface area (Å²) in [4.78, 5) is 15.1. The number of carbonyl (C=O) groups is 1. The van der Waals surface area contributed by atoms with Crippen molar-refractivity contribution in [3.05, 3.63) is 77.9 Å². The molecule has 1 heterocycles. The summed E-state index contributed by atoms with van der Waals surface area (Å²) in [6.45, 7) is 3.05. The number of nitrogens with one attached hydrogen (secondary N) is 1. The molecule has 0 atom stereocenters. The van der Waals surface area contributed by atoms with Crippen LogP contribution in [0, 0.1) is 0 Å². The molecule has 0 aliphatic carbocycles. The van der Waals surface area contributed by atoms with Crippen molar-refractivity contribution in [2.45, 2.75) is 6.54 Å². The molecule has 0 bridgehead atoms. The van der Waals surface area contributed by atoms with Gasteiger partial charge in [0.1, 0.15) is 0 Å². The molecular weight excluding hydrogens is 398 g/mol. The molecule has 30 heavy (non-hydrogen) atoms. The van der Waals surface area contributed by atoms with E-state index in [0.29, 0.717) is 38.3 Å². The Morgan fingerprint density at radius 2 is 1.63 bits per heavy atom. The molecule has 0 radical (unpaired) electrons. The first-order chi connectivity index (χ1) is 14.4. The summed E-state index contributed by atoms with van der Waals surface area (Å²) in [7, 11) is -3.13. The summed E-state index contributed by atoms with van der Waals surface area (Å²) in [5, 5.41) is 5.12. The second-order valence-corrected chi connectivity index (χ2v) is 9.60. The molecule has 156 valence electrons. The number of benzene rings is 3. The predicted molar refractivity (Wildman–Crippen MR) is 120 cm³/mol.